The maximum absolute atomic E-state index is 10.6. The fourth-order valence-corrected chi connectivity index (χ4v) is 3.13. The van der Waals surface area contributed by atoms with Crippen LogP contribution in [-0.2, 0) is 23.7 Å². The first-order valence-corrected chi connectivity index (χ1v) is 11.5. The first-order valence-electron chi connectivity index (χ1n) is 11.5. The zero-order valence-corrected chi connectivity index (χ0v) is 18.6. The molecule has 0 aliphatic carbocycles. The largest absolute Gasteiger partial charge is 0.379 e. The summed E-state index contributed by atoms with van der Waals surface area (Å²) in [4.78, 5) is 0. The van der Waals surface area contributed by atoms with E-state index in [2.05, 4.69) is 27.7 Å². The van der Waals surface area contributed by atoms with Crippen molar-refractivity contribution in [2.24, 2.45) is 0 Å². The number of hydrogen-bond donors (Lipinski definition) is 1. The Kier molecular flexibility index (Phi) is 15.2. The number of aliphatic hydroxyl groups excluding tert-OH is 1. The van der Waals surface area contributed by atoms with Crippen LogP contribution in [0.1, 0.15) is 79.1 Å². The third-order valence-electron chi connectivity index (χ3n) is 4.96. The van der Waals surface area contributed by atoms with Crippen LogP contribution in [-0.4, -0.2) is 68.8 Å². The van der Waals surface area contributed by atoms with E-state index in [1.54, 1.807) is 0 Å². The highest BCUT2D eigenvalue weighted by Crippen LogP contribution is 2.28. The summed E-state index contributed by atoms with van der Waals surface area (Å²) in [6, 6.07) is 0. The Morgan fingerprint density at radius 2 is 1.11 bits per heavy atom. The molecule has 6 heteroatoms. The molecule has 0 aromatic heterocycles. The molecule has 168 valence electrons. The average Bonchev–Trinajstić information content (AvgIpc) is 2.69. The lowest BCUT2D eigenvalue weighted by atomic mass is 9.98. The quantitative estimate of drug-likeness (QED) is 0.369. The molecule has 6 nitrogen and oxygen atoms in total. The molecular weight excluding hydrogens is 360 g/mol. The minimum Gasteiger partial charge on any atom is -0.379 e. The van der Waals surface area contributed by atoms with Crippen molar-refractivity contribution in [3.63, 3.8) is 0 Å². The van der Waals surface area contributed by atoms with E-state index in [4.69, 9.17) is 23.7 Å². The Morgan fingerprint density at radius 3 is 1.64 bits per heavy atom. The van der Waals surface area contributed by atoms with Gasteiger partial charge in [0.1, 0.15) is 24.4 Å². The van der Waals surface area contributed by atoms with Gasteiger partial charge in [0.2, 0.25) is 0 Å². The molecule has 1 aliphatic heterocycles. The highest BCUT2D eigenvalue weighted by Gasteiger charge is 2.47. The Labute approximate surface area is 172 Å². The zero-order chi connectivity index (χ0) is 20.6. The van der Waals surface area contributed by atoms with Crippen LogP contribution in [0.3, 0.4) is 0 Å². The molecule has 0 saturated carbocycles. The molecule has 1 rings (SSSR count). The topological polar surface area (TPSA) is 66.4 Å². The third-order valence-corrected chi connectivity index (χ3v) is 4.96. The fourth-order valence-electron chi connectivity index (χ4n) is 3.13. The SMILES string of the molecule is CCCCOCC1OC(O)[C@@H](OCCCC)C(OCCCC)[C@H]1OCCCC. The minimum absolute atomic E-state index is 0.306. The molecular formula is C22H44O6. The van der Waals surface area contributed by atoms with Crippen molar-refractivity contribution in [2.75, 3.05) is 33.0 Å². The number of rotatable bonds is 17. The van der Waals surface area contributed by atoms with E-state index < -0.39 is 12.4 Å². The Morgan fingerprint density at radius 1 is 0.643 bits per heavy atom. The van der Waals surface area contributed by atoms with Crippen molar-refractivity contribution < 1.29 is 28.8 Å². The minimum atomic E-state index is -1.03. The summed E-state index contributed by atoms with van der Waals surface area (Å²) in [5, 5.41) is 10.6. The van der Waals surface area contributed by atoms with Crippen LogP contribution in [0.15, 0.2) is 0 Å². The summed E-state index contributed by atoms with van der Waals surface area (Å²) in [5.41, 5.74) is 0. The Balaban J connectivity index is 2.84. The maximum Gasteiger partial charge on any atom is 0.184 e. The Bertz CT molecular complexity index is 354. The van der Waals surface area contributed by atoms with Crippen molar-refractivity contribution in [2.45, 2.75) is 110 Å². The van der Waals surface area contributed by atoms with Gasteiger partial charge in [0.15, 0.2) is 6.29 Å². The molecule has 0 radical (unpaired) electrons. The molecule has 3 unspecified atom stereocenters. The van der Waals surface area contributed by atoms with Crippen molar-refractivity contribution in [1.82, 2.24) is 0 Å². The van der Waals surface area contributed by atoms with E-state index >= 15 is 0 Å². The van der Waals surface area contributed by atoms with Gasteiger partial charge in [-0.15, -0.1) is 0 Å². The average molecular weight is 405 g/mol. The molecule has 0 bridgehead atoms. The standard InChI is InChI=1S/C22H44O6/c1-5-9-13-24-17-18-19(25-14-10-6-2)20(26-15-11-7-3)21(22(23)28-18)27-16-12-8-4/h18-23H,5-17H2,1-4H3/t18?,19-,20?,21-,22?/m0/s1. The van der Waals surface area contributed by atoms with E-state index in [-0.39, 0.29) is 18.3 Å². The first-order chi connectivity index (χ1) is 13.7. The number of hydrogen-bond acceptors (Lipinski definition) is 6. The second-order valence-electron chi connectivity index (χ2n) is 7.56. The Hall–Kier alpha value is -0.240. The highest BCUT2D eigenvalue weighted by atomic mass is 16.7. The van der Waals surface area contributed by atoms with Crippen LogP contribution in [0, 0.1) is 0 Å². The number of unbranched alkanes of at least 4 members (excludes halogenated alkanes) is 4. The van der Waals surface area contributed by atoms with Crippen LogP contribution in [0.25, 0.3) is 0 Å². The van der Waals surface area contributed by atoms with Gasteiger partial charge in [-0.3, -0.25) is 0 Å². The summed E-state index contributed by atoms with van der Waals surface area (Å²) in [5.74, 6) is 0. The molecule has 5 atom stereocenters. The molecule has 1 aliphatic rings. The highest BCUT2D eigenvalue weighted by molar-refractivity contribution is 4.92. The van der Waals surface area contributed by atoms with Crippen LogP contribution in [0.2, 0.25) is 0 Å². The van der Waals surface area contributed by atoms with Gasteiger partial charge in [-0.2, -0.15) is 0 Å². The predicted molar refractivity (Wildman–Crippen MR) is 111 cm³/mol. The second kappa shape index (κ2) is 16.5. The molecule has 0 amide bonds. The van der Waals surface area contributed by atoms with E-state index in [0.29, 0.717) is 33.0 Å². The molecule has 1 heterocycles. The maximum atomic E-state index is 10.6. The van der Waals surface area contributed by atoms with Gasteiger partial charge in [0, 0.05) is 26.4 Å². The number of ether oxygens (including phenoxy) is 5. The van der Waals surface area contributed by atoms with Gasteiger partial charge in [-0.05, 0) is 25.7 Å². The van der Waals surface area contributed by atoms with Crippen molar-refractivity contribution in [3.8, 4) is 0 Å². The van der Waals surface area contributed by atoms with Gasteiger partial charge in [0.05, 0.1) is 6.61 Å². The van der Waals surface area contributed by atoms with Crippen LogP contribution < -0.4 is 0 Å². The van der Waals surface area contributed by atoms with E-state index in [9.17, 15) is 5.11 Å². The van der Waals surface area contributed by atoms with E-state index in [0.717, 1.165) is 51.4 Å². The van der Waals surface area contributed by atoms with Crippen LogP contribution >= 0.6 is 0 Å². The predicted octanol–water partition coefficient (Wildman–Crippen LogP) is 4.08. The van der Waals surface area contributed by atoms with Crippen LogP contribution in [0.4, 0.5) is 0 Å². The summed E-state index contributed by atoms with van der Waals surface area (Å²) in [6.45, 7) is 11.5. The van der Waals surface area contributed by atoms with Crippen molar-refractivity contribution in [3.05, 3.63) is 0 Å². The summed E-state index contributed by atoms with van der Waals surface area (Å²) in [6.07, 6.45) is 5.53. The van der Waals surface area contributed by atoms with Crippen molar-refractivity contribution >= 4 is 0 Å². The first kappa shape index (κ1) is 25.8. The molecule has 0 aromatic carbocycles. The molecule has 1 N–H and O–H groups in total. The smallest absolute Gasteiger partial charge is 0.184 e. The fraction of sp³-hybridized carbons (Fsp3) is 1.00. The monoisotopic (exact) mass is 404 g/mol. The second-order valence-corrected chi connectivity index (χ2v) is 7.56. The van der Waals surface area contributed by atoms with E-state index in [1.165, 1.54) is 0 Å². The summed E-state index contributed by atoms with van der Waals surface area (Å²) < 4.78 is 30.1. The van der Waals surface area contributed by atoms with Gasteiger partial charge < -0.3 is 28.8 Å². The molecule has 28 heavy (non-hydrogen) atoms. The molecule has 0 aromatic rings. The molecule has 0 spiro atoms. The zero-order valence-electron chi connectivity index (χ0n) is 18.6. The van der Waals surface area contributed by atoms with Gasteiger partial charge in [-0.1, -0.05) is 53.4 Å². The van der Waals surface area contributed by atoms with E-state index in [1.807, 2.05) is 0 Å². The summed E-state index contributed by atoms with van der Waals surface area (Å²) in [7, 11) is 0. The third kappa shape index (κ3) is 9.51. The van der Waals surface area contributed by atoms with Crippen LogP contribution in [0.5, 0.6) is 0 Å². The van der Waals surface area contributed by atoms with Gasteiger partial charge >= 0.3 is 0 Å². The van der Waals surface area contributed by atoms with Crippen molar-refractivity contribution in [1.29, 1.82) is 0 Å². The molecule has 1 fully saturated rings. The number of aliphatic hydroxyl groups is 1. The van der Waals surface area contributed by atoms with Gasteiger partial charge in [0.25, 0.3) is 0 Å². The lowest BCUT2D eigenvalue weighted by Crippen LogP contribution is -2.61. The lowest BCUT2D eigenvalue weighted by Gasteiger charge is -2.44. The summed E-state index contributed by atoms with van der Waals surface area (Å²) >= 11 is 0. The lowest BCUT2D eigenvalue weighted by molar-refractivity contribution is -0.312. The van der Waals surface area contributed by atoms with Gasteiger partial charge in [-0.25, -0.2) is 0 Å². The normalized spacial score (nSPS) is 28.0. The molecule has 1 saturated heterocycles.